The summed E-state index contributed by atoms with van der Waals surface area (Å²) in [7, 11) is 1.70. The van der Waals surface area contributed by atoms with Gasteiger partial charge in [-0.15, -0.1) is 0 Å². The molecule has 1 rings (SSSR count). The van der Waals surface area contributed by atoms with E-state index in [1.54, 1.807) is 7.05 Å². The first-order chi connectivity index (χ1) is 6.65. The van der Waals surface area contributed by atoms with Gasteiger partial charge in [0.15, 0.2) is 0 Å². The first-order valence-corrected chi connectivity index (χ1v) is 5.31. The maximum Gasteiger partial charge on any atom is 0.238 e. The molecule has 14 heavy (non-hydrogen) atoms. The van der Waals surface area contributed by atoms with Crippen LogP contribution in [0.4, 0.5) is 0 Å². The maximum absolute atomic E-state index is 11.6. The van der Waals surface area contributed by atoms with E-state index >= 15 is 0 Å². The molecule has 1 amide bonds. The minimum absolute atomic E-state index is 0.0103. The Morgan fingerprint density at radius 1 is 1.64 bits per heavy atom. The van der Waals surface area contributed by atoms with Crippen molar-refractivity contribution in [3.63, 3.8) is 0 Å². The Labute approximate surface area is 86.0 Å². The van der Waals surface area contributed by atoms with Crippen molar-refractivity contribution in [2.45, 2.75) is 19.9 Å². The molecule has 0 bridgehead atoms. The lowest BCUT2D eigenvalue weighted by Crippen LogP contribution is -2.58. The van der Waals surface area contributed by atoms with Crippen LogP contribution in [0.3, 0.4) is 0 Å². The maximum atomic E-state index is 11.6. The quantitative estimate of drug-likeness (QED) is 0.654. The largest absolute Gasteiger partial charge is 0.358 e. The predicted octanol–water partition coefficient (Wildman–Crippen LogP) is -0.338. The lowest BCUT2D eigenvalue weighted by molar-refractivity contribution is -0.126. The molecular weight excluding hydrogens is 178 g/mol. The Morgan fingerprint density at radius 2 is 2.36 bits per heavy atom. The molecule has 0 spiro atoms. The number of hydrogen-bond donors (Lipinski definition) is 2. The van der Waals surface area contributed by atoms with Crippen LogP contribution < -0.4 is 10.6 Å². The van der Waals surface area contributed by atoms with Gasteiger partial charge in [-0.2, -0.15) is 0 Å². The number of nitrogens with zero attached hydrogens (tertiary/aromatic N) is 1. The monoisotopic (exact) mass is 199 g/mol. The van der Waals surface area contributed by atoms with Crippen LogP contribution in [0.25, 0.3) is 0 Å². The van der Waals surface area contributed by atoms with Crippen molar-refractivity contribution in [2.24, 2.45) is 5.92 Å². The molecule has 2 N–H and O–H groups in total. The van der Waals surface area contributed by atoms with Gasteiger partial charge in [-0.3, -0.25) is 9.69 Å². The average Bonchev–Trinajstić information content (AvgIpc) is 2.16. The van der Waals surface area contributed by atoms with Crippen LogP contribution >= 0.6 is 0 Å². The van der Waals surface area contributed by atoms with Gasteiger partial charge in [0.1, 0.15) is 6.04 Å². The number of piperazine rings is 1. The van der Waals surface area contributed by atoms with Crippen molar-refractivity contribution < 1.29 is 4.79 Å². The van der Waals surface area contributed by atoms with E-state index in [1.807, 2.05) is 0 Å². The minimum Gasteiger partial charge on any atom is -0.358 e. The number of carbonyl (C=O) groups excluding carboxylic acids is 1. The van der Waals surface area contributed by atoms with Crippen LogP contribution in [0.5, 0.6) is 0 Å². The second-order valence-electron chi connectivity index (χ2n) is 4.22. The second-order valence-corrected chi connectivity index (χ2v) is 4.22. The molecule has 1 atom stereocenters. The molecule has 4 nitrogen and oxygen atoms in total. The molecule has 1 aliphatic heterocycles. The third kappa shape index (κ3) is 2.96. The van der Waals surface area contributed by atoms with Crippen molar-refractivity contribution in [3.8, 4) is 0 Å². The molecule has 82 valence electrons. The van der Waals surface area contributed by atoms with Crippen molar-refractivity contribution in [2.75, 3.05) is 33.2 Å². The van der Waals surface area contributed by atoms with Crippen molar-refractivity contribution in [3.05, 3.63) is 0 Å². The topological polar surface area (TPSA) is 44.4 Å². The number of nitrogens with one attached hydrogen (secondary N) is 2. The highest BCUT2D eigenvalue weighted by atomic mass is 16.2. The predicted molar refractivity (Wildman–Crippen MR) is 57.1 cm³/mol. The summed E-state index contributed by atoms with van der Waals surface area (Å²) < 4.78 is 0. The molecule has 1 heterocycles. The van der Waals surface area contributed by atoms with Gasteiger partial charge in [0.05, 0.1) is 0 Å². The minimum atomic E-state index is 0.0103. The third-order valence-corrected chi connectivity index (χ3v) is 2.50. The Bertz CT molecular complexity index is 194. The molecule has 0 aromatic rings. The Morgan fingerprint density at radius 3 is 2.93 bits per heavy atom. The number of rotatable bonds is 3. The molecule has 0 aromatic carbocycles. The summed E-state index contributed by atoms with van der Waals surface area (Å²) >= 11 is 0. The zero-order chi connectivity index (χ0) is 10.6. The molecule has 0 saturated carbocycles. The summed E-state index contributed by atoms with van der Waals surface area (Å²) in [6.45, 7) is 8.09. The first kappa shape index (κ1) is 11.5. The molecule has 1 unspecified atom stereocenters. The van der Waals surface area contributed by atoms with Crippen LogP contribution in [-0.2, 0) is 4.79 Å². The van der Waals surface area contributed by atoms with E-state index in [9.17, 15) is 4.79 Å². The van der Waals surface area contributed by atoms with Crippen molar-refractivity contribution >= 4 is 5.91 Å². The fourth-order valence-electron chi connectivity index (χ4n) is 1.86. The van der Waals surface area contributed by atoms with E-state index in [1.165, 1.54) is 0 Å². The summed E-state index contributed by atoms with van der Waals surface area (Å²) in [5, 5.41) is 5.97. The highest BCUT2D eigenvalue weighted by Crippen LogP contribution is 2.07. The second kappa shape index (κ2) is 5.32. The molecule has 0 radical (unpaired) electrons. The van der Waals surface area contributed by atoms with Gasteiger partial charge in [0, 0.05) is 33.2 Å². The van der Waals surface area contributed by atoms with Crippen LogP contribution in [0.2, 0.25) is 0 Å². The Hall–Kier alpha value is -0.610. The third-order valence-electron chi connectivity index (χ3n) is 2.50. The van der Waals surface area contributed by atoms with E-state index in [2.05, 4.69) is 29.4 Å². The molecule has 4 heteroatoms. The zero-order valence-electron chi connectivity index (χ0n) is 9.34. The average molecular weight is 199 g/mol. The fraction of sp³-hybridized carbons (Fsp3) is 0.900. The molecule has 1 saturated heterocycles. The summed E-state index contributed by atoms with van der Waals surface area (Å²) in [5.41, 5.74) is 0. The van der Waals surface area contributed by atoms with Gasteiger partial charge in [-0.1, -0.05) is 13.8 Å². The molecule has 0 aliphatic carbocycles. The van der Waals surface area contributed by atoms with Gasteiger partial charge in [-0.05, 0) is 5.92 Å². The van der Waals surface area contributed by atoms with Crippen molar-refractivity contribution in [1.82, 2.24) is 15.5 Å². The summed E-state index contributed by atoms with van der Waals surface area (Å²) in [6.07, 6.45) is 0. The van der Waals surface area contributed by atoms with Gasteiger partial charge < -0.3 is 10.6 Å². The summed E-state index contributed by atoms with van der Waals surface area (Å²) in [4.78, 5) is 13.8. The number of hydrogen-bond acceptors (Lipinski definition) is 3. The first-order valence-electron chi connectivity index (χ1n) is 5.31. The van der Waals surface area contributed by atoms with E-state index in [0.29, 0.717) is 5.92 Å². The van der Waals surface area contributed by atoms with E-state index in [-0.39, 0.29) is 11.9 Å². The van der Waals surface area contributed by atoms with Crippen LogP contribution in [0.1, 0.15) is 13.8 Å². The summed E-state index contributed by atoms with van der Waals surface area (Å²) in [6, 6.07) is 0.0103. The molecule has 0 aromatic heterocycles. The SMILES string of the molecule is CNC(=O)C1CNCCN1CC(C)C. The lowest BCUT2D eigenvalue weighted by atomic mass is 10.1. The summed E-state index contributed by atoms with van der Waals surface area (Å²) in [5.74, 6) is 0.734. The molecule has 1 fully saturated rings. The van der Waals surface area contributed by atoms with Crippen LogP contribution in [0, 0.1) is 5.92 Å². The fourth-order valence-corrected chi connectivity index (χ4v) is 1.86. The van der Waals surface area contributed by atoms with Crippen LogP contribution in [-0.4, -0.2) is 50.1 Å². The molecular formula is C10H21N3O. The van der Waals surface area contributed by atoms with E-state index in [4.69, 9.17) is 0 Å². The van der Waals surface area contributed by atoms with Gasteiger partial charge >= 0.3 is 0 Å². The molecule has 1 aliphatic rings. The van der Waals surface area contributed by atoms with Gasteiger partial charge in [0.2, 0.25) is 5.91 Å². The number of carbonyl (C=O) groups is 1. The highest BCUT2D eigenvalue weighted by Gasteiger charge is 2.27. The van der Waals surface area contributed by atoms with Crippen molar-refractivity contribution in [1.29, 1.82) is 0 Å². The van der Waals surface area contributed by atoms with E-state index < -0.39 is 0 Å². The zero-order valence-corrected chi connectivity index (χ0v) is 9.34. The number of amides is 1. The normalized spacial score (nSPS) is 23.9. The van der Waals surface area contributed by atoms with Gasteiger partial charge in [-0.25, -0.2) is 0 Å². The standard InChI is InChI=1S/C10H21N3O/c1-8(2)7-13-5-4-12-6-9(13)10(14)11-3/h8-9,12H,4-7H2,1-3H3,(H,11,14). The highest BCUT2D eigenvalue weighted by molar-refractivity contribution is 5.81. The van der Waals surface area contributed by atoms with E-state index in [0.717, 1.165) is 26.2 Å². The van der Waals surface area contributed by atoms with Crippen LogP contribution in [0.15, 0.2) is 0 Å². The Kier molecular flexibility index (Phi) is 4.35. The van der Waals surface area contributed by atoms with Gasteiger partial charge in [0.25, 0.3) is 0 Å². The Balaban J connectivity index is 2.54. The smallest absolute Gasteiger partial charge is 0.238 e. The lowest BCUT2D eigenvalue weighted by Gasteiger charge is -2.35. The number of likely N-dealkylation sites (N-methyl/N-ethyl adjacent to an activating group) is 1.